The van der Waals surface area contributed by atoms with Gasteiger partial charge >= 0.3 is 0 Å². The lowest BCUT2D eigenvalue weighted by Gasteiger charge is -2.32. The van der Waals surface area contributed by atoms with Crippen LogP contribution in [0.15, 0.2) is 48.5 Å². The van der Waals surface area contributed by atoms with E-state index in [-0.39, 0.29) is 17.6 Å². The maximum absolute atomic E-state index is 13.0. The molecule has 27 heavy (non-hydrogen) atoms. The van der Waals surface area contributed by atoms with Crippen molar-refractivity contribution in [3.63, 3.8) is 0 Å². The highest BCUT2D eigenvalue weighted by molar-refractivity contribution is 6.31. The summed E-state index contributed by atoms with van der Waals surface area (Å²) in [7, 11) is 0. The van der Waals surface area contributed by atoms with Crippen molar-refractivity contribution < 1.29 is 9.18 Å². The first-order valence-electron chi connectivity index (χ1n) is 9.60. The largest absolute Gasteiger partial charge is 0.356 e. The number of nitrogens with one attached hydrogen (secondary N) is 1. The molecule has 0 saturated carbocycles. The molecule has 1 N–H and O–H groups in total. The van der Waals surface area contributed by atoms with Crippen LogP contribution in [0.25, 0.3) is 0 Å². The molecule has 1 aliphatic rings. The number of nitrogens with zero attached hydrogens (tertiary/aromatic N) is 1. The van der Waals surface area contributed by atoms with Crippen LogP contribution in [0.3, 0.4) is 0 Å². The monoisotopic (exact) mass is 388 g/mol. The molecule has 1 amide bonds. The Morgan fingerprint density at radius 2 is 1.96 bits per heavy atom. The van der Waals surface area contributed by atoms with E-state index < -0.39 is 0 Å². The van der Waals surface area contributed by atoms with Crippen molar-refractivity contribution in [2.45, 2.75) is 32.2 Å². The number of hydrogen-bond donors (Lipinski definition) is 1. The molecular formula is C22H26ClFN2O. The van der Waals surface area contributed by atoms with E-state index in [9.17, 15) is 9.18 Å². The zero-order valence-electron chi connectivity index (χ0n) is 15.5. The van der Waals surface area contributed by atoms with Crippen molar-refractivity contribution in [2.75, 3.05) is 19.6 Å². The van der Waals surface area contributed by atoms with Gasteiger partial charge in [0.2, 0.25) is 5.91 Å². The molecule has 2 aromatic carbocycles. The Bertz CT molecular complexity index is 750. The maximum Gasteiger partial charge on any atom is 0.224 e. The van der Waals surface area contributed by atoms with Crippen LogP contribution in [0.4, 0.5) is 4.39 Å². The van der Waals surface area contributed by atoms with Gasteiger partial charge in [-0.2, -0.15) is 0 Å². The van der Waals surface area contributed by atoms with E-state index >= 15 is 0 Å². The highest BCUT2D eigenvalue weighted by Crippen LogP contribution is 2.19. The number of carbonyl (C=O) groups is 1. The quantitative estimate of drug-likeness (QED) is 0.711. The number of amides is 1. The third-order valence-corrected chi connectivity index (χ3v) is 5.44. The minimum Gasteiger partial charge on any atom is -0.356 e. The highest BCUT2D eigenvalue weighted by atomic mass is 35.5. The summed E-state index contributed by atoms with van der Waals surface area (Å²) in [4.78, 5) is 14.8. The summed E-state index contributed by atoms with van der Waals surface area (Å²) >= 11 is 6.16. The van der Waals surface area contributed by atoms with Crippen LogP contribution in [-0.4, -0.2) is 30.4 Å². The molecule has 3 nitrogen and oxygen atoms in total. The molecule has 2 aromatic rings. The molecule has 5 heteroatoms. The number of hydrogen-bond acceptors (Lipinski definition) is 2. The molecule has 1 atom stereocenters. The highest BCUT2D eigenvalue weighted by Gasteiger charge is 2.25. The molecule has 144 valence electrons. The molecule has 3 rings (SSSR count). The summed E-state index contributed by atoms with van der Waals surface area (Å²) in [6.07, 6.45) is 3.68. The molecule has 1 heterocycles. The van der Waals surface area contributed by atoms with Gasteiger partial charge in [-0.3, -0.25) is 9.69 Å². The smallest absolute Gasteiger partial charge is 0.224 e. The maximum atomic E-state index is 13.0. The minimum absolute atomic E-state index is 0.0273. The van der Waals surface area contributed by atoms with Crippen molar-refractivity contribution in [3.05, 3.63) is 70.5 Å². The summed E-state index contributed by atoms with van der Waals surface area (Å²) in [5.41, 5.74) is 2.20. The normalized spacial score (nSPS) is 17.6. The lowest BCUT2D eigenvalue weighted by Crippen LogP contribution is -2.42. The van der Waals surface area contributed by atoms with Crippen LogP contribution in [-0.2, 0) is 17.8 Å². The fourth-order valence-corrected chi connectivity index (χ4v) is 3.83. The van der Waals surface area contributed by atoms with E-state index in [4.69, 9.17) is 11.6 Å². The summed E-state index contributed by atoms with van der Waals surface area (Å²) in [6.45, 7) is 3.16. The van der Waals surface area contributed by atoms with Crippen LogP contribution < -0.4 is 5.32 Å². The fourth-order valence-electron chi connectivity index (χ4n) is 3.60. The van der Waals surface area contributed by atoms with Crippen LogP contribution in [0, 0.1) is 11.7 Å². The summed E-state index contributed by atoms with van der Waals surface area (Å²) in [6, 6.07) is 14.4. The Labute approximate surface area is 165 Å². The number of aryl methyl sites for hydroxylation is 1. The average Bonchev–Trinajstić information content (AvgIpc) is 2.68. The van der Waals surface area contributed by atoms with Gasteiger partial charge in [0.1, 0.15) is 5.82 Å². The molecule has 0 radical (unpaired) electrons. The average molecular weight is 389 g/mol. The number of piperidine rings is 1. The molecule has 0 aliphatic carbocycles. The molecule has 0 bridgehead atoms. The predicted octanol–water partition coefficient (Wildman–Crippen LogP) is 4.44. The van der Waals surface area contributed by atoms with E-state index in [0.29, 0.717) is 6.54 Å². The number of rotatable bonds is 7. The second-order valence-corrected chi connectivity index (χ2v) is 7.59. The second kappa shape index (κ2) is 9.86. The first-order chi connectivity index (χ1) is 13.1. The topological polar surface area (TPSA) is 32.3 Å². The lowest BCUT2D eigenvalue weighted by atomic mass is 9.96. The van der Waals surface area contributed by atoms with Gasteiger partial charge in [0.25, 0.3) is 0 Å². The molecule has 0 unspecified atom stereocenters. The van der Waals surface area contributed by atoms with Gasteiger partial charge in [-0.15, -0.1) is 0 Å². The predicted molar refractivity (Wildman–Crippen MR) is 107 cm³/mol. The van der Waals surface area contributed by atoms with Gasteiger partial charge < -0.3 is 5.32 Å². The Kier molecular flexibility index (Phi) is 7.25. The first-order valence-corrected chi connectivity index (χ1v) is 9.97. The number of halogens is 2. The Morgan fingerprint density at radius 3 is 2.74 bits per heavy atom. The van der Waals surface area contributed by atoms with E-state index in [0.717, 1.165) is 61.5 Å². The van der Waals surface area contributed by atoms with Crippen molar-refractivity contribution >= 4 is 17.5 Å². The molecule has 0 spiro atoms. The van der Waals surface area contributed by atoms with Crippen LogP contribution >= 0.6 is 11.6 Å². The van der Waals surface area contributed by atoms with Gasteiger partial charge in [-0.05, 0) is 61.6 Å². The van der Waals surface area contributed by atoms with Crippen LogP contribution in [0.1, 0.15) is 30.4 Å². The third kappa shape index (κ3) is 6.05. The fraction of sp³-hybridized carbons (Fsp3) is 0.409. The standard InChI is InChI=1S/C22H26ClFN2O/c23-21-8-2-1-5-18(21)6-3-13-25-22(27)19-7-4-14-26(16-19)15-17-9-11-20(24)12-10-17/h1-2,5,8-12,19H,3-4,6-7,13-16H2,(H,25,27)/t19-/m1/s1. The molecule has 1 aliphatic heterocycles. The molecular weight excluding hydrogens is 363 g/mol. The van der Waals surface area contributed by atoms with E-state index in [1.165, 1.54) is 12.1 Å². The third-order valence-electron chi connectivity index (χ3n) is 5.08. The minimum atomic E-state index is -0.216. The number of likely N-dealkylation sites (tertiary alicyclic amines) is 1. The van der Waals surface area contributed by atoms with E-state index in [1.54, 1.807) is 0 Å². The van der Waals surface area contributed by atoms with Gasteiger partial charge in [0.15, 0.2) is 0 Å². The summed E-state index contributed by atoms with van der Waals surface area (Å²) in [5.74, 6) is -0.0519. The molecule has 1 saturated heterocycles. The lowest BCUT2D eigenvalue weighted by molar-refractivity contribution is -0.126. The zero-order valence-corrected chi connectivity index (χ0v) is 16.2. The van der Waals surface area contributed by atoms with Gasteiger partial charge in [0.05, 0.1) is 5.92 Å². The zero-order chi connectivity index (χ0) is 19.1. The SMILES string of the molecule is O=C(NCCCc1ccccc1Cl)[C@@H]1CCCN(Cc2ccc(F)cc2)C1. The number of carbonyl (C=O) groups excluding carboxylic acids is 1. The Hall–Kier alpha value is -1.91. The Morgan fingerprint density at radius 1 is 1.19 bits per heavy atom. The molecule has 1 fully saturated rings. The van der Waals surface area contributed by atoms with Gasteiger partial charge in [-0.1, -0.05) is 41.9 Å². The first kappa shape index (κ1) is 19.8. The number of benzene rings is 2. The van der Waals surface area contributed by atoms with Gasteiger partial charge in [-0.25, -0.2) is 4.39 Å². The summed E-state index contributed by atoms with van der Waals surface area (Å²) in [5, 5.41) is 3.86. The van der Waals surface area contributed by atoms with Crippen LogP contribution in [0.2, 0.25) is 5.02 Å². The molecule has 0 aromatic heterocycles. The van der Waals surface area contributed by atoms with Crippen molar-refractivity contribution in [3.8, 4) is 0 Å². The van der Waals surface area contributed by atoms with Crippen molar-refractivity contribution in [1.29, 1.82) is 0 Å². The van der Waals surface area contributed by atoms with Crippen molar-refractivity contribution in [2.24, 2.45) is 5.92 Å². The van der Waals surface area contributed by atoms with Crippen molar-refractivity contribution in [1.82, 2.24) is 10.2 Å². The van der Waals surface area contributed by atoms with Crippen LogP contribution in [0.5, 0.6) is 0 Å². The second-order valence-electron chi connectivity index (χ2n) is 7.19. The van der Waals surface area contributed by atoms with E-state index in [2.05, 4.69) is 10.2 Å². The summed E-state index contributed by atoms with van der Waals surface area (Å²) < 4.78 is 13.0. The van der Waals surface area contributed by atoms with E-state index in [1.807, 2.05) is 36.4 Å². The van der Waals surface area contributed by atoms with Gasteiger partial charge in [0, 0.05) is 24.7 Å². The Balaban J connectivity index is 1.41.